The topological polar surface area (TPSA) is 180 Å². The highest BCUT2D eigenvalue weighted by atomic mass is 16.5. The van der Waals surface area contributed by atoms with Gasteiger partial charge in [0.05, 0.1) is 12.0 Å². The summed E-state index contributed by atoms with van der Waals surface area (Å²) in [4.78, 5) is 0. The largest absolute Gasteiger partial charge is 0.508 e. The van der Waals surface area contributed by atoms with Gasteiger partial charge in [-0.2, -0.15) is 0 Å². The zero-order valence-corrected chi connectivity index (χ0v) is 20.8. The second-order valence-electron chi connectivity index (χ2n) is 10.0. The second-order valence-corrected chi connectivity index (χ2v) is 10.0. The van der Waals surface area contributed by atoms with Crippen LogP contribution in [0.1, 0.15) is 45.9 Å². The molecule has 0 spiro atoms. The van der Waals surface area contributed by atoms with Gasteiger partial charge < -0.3 is 50.3 Å². The highest BCUT2D eigenvalue weighted by Crippen LogP contribution is 2.57. The third kappa shape index (κ3) is 4.14. The number of hydrogen-bond donors (Lipinski definition) is 8. The van der Waals surface area contributed by atoms with Gasteiger partial charge in [0.15, 0.2) is 6.10 Å². The number of hydrogen-bond acceptors (Lipinski definition) is 10. The highest BCUT2D eigenvalue weighted by molar-refractivity contribution is 5.65. The molecule has 0 saturated heterocycles. The number of rotatable bonds is 3. The lowest BCUT2D eigenvalue weighted by molar-refractivity contribution is 0.00124. The molecular formula is C30H26O10. The standard InChI is InChI=1S/C30H26O10/c31-15-5-1-13(2-6-15)28-22(37)11-18-19(34)12-21(36)25(30(18)40-28)26-24-20(35)9-17(33)10-23(24)39-29(27(26)38)14-3-7-16(32)8-4-14/h1-10,12,22,26-29,31-38H,11H2/t22-,26-,27-,28+,29+/m0/s1. The van der Waals surface area contributed by atoms with Gasteiger partial charge in [-0.25, -0.2) is 0 Å². The Balaban J connectivity index is 1.55. The Morgan fingerprint density at radius 1 is 0.575 bits per heavy atom. The predicted molar refractivity (Wildman–Crippen MR) is 140 cm³/mol. The number of aliphatic hydroxyl groups is 2. The molecule has 2 aliphatic heterocycles. The fraction of sp³-hybridized carbons (Fsp3) is 0.200. The van der Waals surface area contributed by atoms with Crippen molar-refractivity contribution in [2.75, 3.05) is 0 Å². The van der Waals surface area contributed by atoms with E-state index < -0.39 is 41.8 Å². The van der Waals surface area contributed by atoms with E-state index in [1.165, 1.54) is 30.3 Å². The van der Waals surface area contributed by atoms with Crippen LogP contribution in [-0.4, -0.2) is 53.1 Å². The normalized spacial score (nSPS) is 23.4. The molecule has 2 aliphatic rings. The van der Waals surface area contributed by atoms with Crippen LogP contribution in [0.4, 0.5) is 0 Å². The van der Waals surface area contributed by atoms with Crippen LogP contribution in [0.5, 0.6) is 46.0 Å². The van der Waals surface area contributed by atoms with Crippen LogP contribution in [0.3, 0.4) is 0 Å². The average molecular weight is 547 g/mol. The third-order valence-corrected chi connectivity index (χ3v) is 7.46. The molecule has 0 aliphatic carbocycles. The van der Waals surface area contributed by atoms with Gasteiger partial charge >= 0.3 is 0 Å². The van der Waals surface area contributed by atoms with Gasteiger partial charge in [-0.3, -0.25) is 0 Å². The second kappa shape index (κ2) is 9.44. The van der Waals surface area contributed by atoms with Crippen molar-refractivity contribution < 1.29 is 50.3 Å². The molecule has 10 heteroatoms. The molecule has 8 N–H and O–H groups in total. The van der Waals surface area contributed by atoms with Gasteiger partial charge in [0, 0.05) is 41.3 Å². The quantitative estimate of drug-likeness (QED) is 0.189. The minimum Gasteiger partial charge on any atom is -0.508 e. The first-order valence-corrected chi connectivity index (χ1v) is 12.5. The number of ether oxygens (including phenoxy) is 2. The lowest BCUT2D eigenvalue weighted by Gasteiger charge is -2.40. The van der Waals surface area contributed by atoms with E-state index in [9.17, 15) is 40.9 Å². The smallest absolute Gasteiger partial charge is 0.150 e. The van der Waals surface area contributed by atoms with Crippen molar-refractivity contribution in [1.82, 2.24) is 0 Å². The fourth-order valence-electron chi connectivity index (χ4n) is 5.60. The van der Waals surface area contributed by atoms with Gasteiger partial charge in [-0.15, -0.1) is 0 Å². The molecule has 10 nitrogen and oxygen atoms in total. The van der Waals surface area contributed by atoms with Gasteiger partial charge in [0.2, 0.25) is 0 Å². The van der Waals surface area contributed by atoms with E-state index in [0.717, 1.165) is 12.1 Å². The highest BCUT2D eigenvalue weighted by Gasteiger charge is 2.46. The third-order valence-electron chi connectivity index (χ3n) is 7.46. The maximum absolute atomic E-state index is 11.7. The van der Waals surface area contributed by atoms with Crippen LogP contribution < -0.4 is 9.47 Å². The summed E-state index contributed by atoms with van der Waals surface area (Å²) in [5.41, 5.74) is 1.28. The van der Waals surface area contributed by atoms with E-state index >= 15 is 0 Å². The molecule has 6 rings (SSSR count). The molecular weight excluding hydrogens is 520 g/mol. The molecule has 40 heavy (non-hydrogen) atoms. The summed E-state index contributed by atoms with van der Waals surface area (Å²) in [6, 6.07) is 15.4. The lowest BCUT2D eigenvalue weighted by Crippen LogP contribution is -2.36. The molecule has 0 amide bonds. The molecule has 5 atom stereocenters. The van der Waals surface area contributed by atoms with Gasteiger partial charge in [-0.1, -0.05) is 24.3 Å². The molecule has 206 valence electrons. The number of benzene rings is 4. The van der Waals surface area contributed by atoms with Gasteiger partial charge in [-0.05, 0) is 35.4 Å². The first kappa shape index (κ1) is 25.5. The van der Waals surface area contributed by atoms with E-state index in [0.29, 0.717) is 11.1 Å². The molecule has 0 unspecified atom stereocenters. The van der Waals surface area contributed by atoms with Crippen molar-refractivity contribution in [3.05, 3.63) is 94.5 Å². The summed E-state index contributed by atoms with van der Waals surface area (Å²) >= 11 is 0. The van der Waals surface area contributed by atoms with E-state index in [1.54, 1.807) is 24.3 Å². The molecule has 0 saturated carbocycles. The minimum atomic E-state index is -1.44. The molecule has 4 aromatic carbocycles. The van der Waals surface area contributed by atoms with Crippen LogP contribution in [0.25, 0.3) is 0 Å². The Kier molecular flexibility index (Phi) is 6.01. The summed E-state index contributed by atoms with van der Waals surface area (Å²) in [6.45, 7) is 0. The lowest BCUT2D eigenvalue weighted by atomic mass is 9.77. The van der Waals surface area contributed by atoms with Crippen LogP contribution in [-0.2, 0) is 6.42 Å². The summed E-state index contributed by atoms with van der Waals surface area (Å²) < 4.78 is 12.3. The summed E-state index contributed by atoms with van der Waals surface area (Å²) in [5, 5.41) is 85.1. The fourth-order valence-corrected chi connectivity index (χ4v) is 5.60. The van der Waals surface area contributed by atoms with E-state index in [4.69, 9.17) is 9.47 Å². The number of aliphatic hydroxyl groups excluding tert-OH is 2. The Labute approximate surface area is 227 Å². The Morgan fingerprint density at radius 3 is 1.77 bits per heavy atom. The monoisotopic (exact) mass is 546 g/mol. The number of fused-ring (bicyclic) bond motifs is 2. The first-order valence-electron chi connectivity index (χ1n) is 12.5. The molecule has 0 bridgehead atoms. The minimum absolute atomic E-state index is 0.00114. The molecule has 0 radical (unpaired) electrons. The molecule has 2 heterocycles. The van der Waals surface area contributed by atoms with Crippen LogP contribution in [0, 0.1) is 0 Å². The van der Waals surface area contributed by atoms with Crippen molar-refractivity contribution in [2.24, 2.45) is 0 Å². The van der Waals surface area contributed by atoms with E-state index in [1.807, 2.05) is 0 Å². The SMILES string of the molecule is Oc1ccc([C@H]2Oc3cc(O)cc(O)c3[C@@H](c3c(O)cc(O)c4c3O[C@H](c3ccc(O)cc3)[C@@H](O)C4)[C@@H]2O)cc1. The van der Waals surface area contributed by atoms with Crippen molar-refractivity contribution in [1.29, 1.82) is 0 Å². The molecule has 0 aromatic heterocycles. The van der Waals surface area contributed by atoms with Crippen LogP contribution >= 0.6 is 0 Å². The summed E-state index contributed by atoms with van der Waals surface area (Å²) in [6.07, 6.45) is -4.61. The zero-order valence-electron chi connectivity index (χ0n) is 20.8. The van der Waals surface area contributed by atoms with Crippen LogP contribution in [0.15, 0.2) is 66.7 Å². The number of phenols is 6. The average Bonchev–Trinajstić information content (AvgIpc) is 2.91. The van der Waals surface area contributed by atoms with Gasteiger partial charge in [0.1, 0.15) is 58.2 Å². The Bertz CT molecular complexity index is 1580. The van der Waals surface area contributed by atoms with E-state index in [2.05, 4.69) is 0 Å². The summed E-state index contributed by atoms with van der Waals surface area (Å²) in [5.74, 6) is -2.59. The van der Waals surface area contributed by atoms with Crippen molar-refractivity contribution >= 4 is 0 Å². The van der Waals surface area contributed by atoms with Crippen molar-refractivity contribution in [2.45, 2.75) is 36.8 Å². The molecule has 0 fully saturated rings. The van der Waals surface area contributed by atoms with Crippen LogP contribution in [0.2, 0.25) is 0 Å². The number of phenolic OH excluding ortho intramolecular Hbond substituents is 6. The first-order chi connectivity index (χ1) is 19.1. The Hall–Kier alpha value is -4.80. The maximum Gasteiger partial charge on any atom is 0.150 e. The molecule has 4 aromatic rings. The maximum atomic E-state index is 11.7. The van der Waals surface area contributed by atoms with Crippen molar-refractivity contribution in [3.8, 4) is 46.0 Å². The zero-order chi connectivity index (χ0) is 28.3. The van der Waals surface area contributed by atoms with Crippen molar-refractivity contribution in [3.63, 3.8) is 0 Å². The van der Waals surface area contributed by atoms with E-state index in [-0.39, 0.29) is 57.6 Å². The van der Waals surface area contributed by atoms with Gasteiger partial charge in [0.25, 0.3) is 0 Å². The number of aromatic hydroxyl groups is 6. The summed E-state index contributed by atoms with van der Waals surface area (Å²) in [7, 11) is 0. The predicted octanol–water partition coefficient (Wildman–Crippen LogP) is 3.58. The Morgan fingerprint density at radius 2 is 1.15 bits per heavy atom.